The second-order valence-corrected chi connectivity index (χ2v) is 8.21. The molecule has 4 heterocycles. The zero-order chi connectivity index (χ0) is 18.1. The highest BCUT2D eigenvalue weighted by Gasteiger charge is 2.15. The normalized spacial score (nSPS) is 15.8. The molecular formula is C19H26N6S. The fourth-order valence-electron chi connectivity index (χ4n) is 3.55. The Kier molecular flexibility index (Phi) is 4.91. The molecule has 7 heteroatoms. The van der Waals surface area contributed by atoms with Gasteiger partial charge in [0, 0.05) is 24.6 Å². The van der Waals surface area contributed by atoms with Crippen molar-refractivity contribution in [1.82, 2.24) is 23.6 Å². The molecule has 1 fully saturated rings. The minimum absolute atomic E-state index is 0.416. The predicted octanol–water partition coefficient (Wildman–Crippen LogP) is 4.35. The van der Waals surface area contributed by atoms with Crippen molar-refractivity contribution in [2.75, 3.05) is 18.4 Å². The third-order valence-electron chi connectivity index (χ3n) is 4.87. The highest BCUT2D eigenvalue weighted by Crippen LogP contribution is 2.26. The van der Waals surface area contributed by atoms with Crippen LogP contribution in [0.3, 0.4) is 0 Å². The molecule has 0 bridgehead atoms. The van der Waals surface area contributed by atoms with Crippen LogP contribution in [-0.4, -0.2) is 36.7 Å². The molecule has 0 amide bonds. The first-order chi connectivity index (χ1) is 12.6. The van der Waals surface area contributed by atoms with Crippen LogP contribution in [0.1, 0.15) is 56.1 Å². The topological polar surface area (TPSA) is 58.4 Å². The molecule has 1 N–H and O–H groups in total. The lowest BCUT2D eigenvalue weighted by Crippen LogP contribution is -2.29. The molecule has 0 aliphatic carbocycles. The summed E-state index contributed by atoms with van der Waals surface area (Å²) >= 11 is 1.50. The molecular weight excluding hydrogens is 344 g/mol. The Morgan fingerprint density at radius 1 is 1.23 bits per heavy atom. The molecule has 26 heavy (non-hydrogen) atoms. The summed E-state index contributed by atoms with van der Waals surface area (Å²) in [5.74, 6) is 1.21. The number of rotatable bonds is 5. The molecule has 3 aromatic heterocycles. The monoisotopic (exact) mass is 370 g/mol. The molecule has 0 spiro atoms. The number of hydrogen-bond donors (Lipinski definition) is 1. The third-order valence-corrected chi connectivity index (χ3v) is 5.61. The summed E-state index contributed by atoms with van der Waals surface area (Å²) in [6, 6.07) is 2.14. The number of likely N-dealkylation sites (tertiary alicyclic amines) is 1. The molecule has 0 atom stereocenters. The van der Waals surface area contributed by atoms with E-state index >= 15 is 0 Å². The van der Waals surface area contributed by atoms with E-state index in [1.807, 2.05) is 13.1 Å². The van der Waals surface area contributed by atoms with Crippen molar-refractivity contribution in [2.45, 2.75) is 52.5 Å². The van der Waals surface area contributed by atoms with Gasteiger partial charge in [0.1, 0.15) is 5.00 Å². The molecule has 6 nitrogen and oxygen atoms in total. The number of aryl methyl sites for hydroxylation is 1. The van der Waals surface area contributed by atoms with E-state index in [-0.39, 0.29) is 0 Å². The van der Waals surface area contributed by atoms with Gasteiger partial charge in [-0.1, -0.05) is 20.3 Å². The van der Waals surface area contributed by atoms with E-state index in [9.17, 15) is 0 Å². The van der Waals surface area contributed by atoms with Crippen molar-refractivity contribution in [1.29, 1.82) is 0 Å². The smallest absolute Gasteiger partial charge is 0.180 e. The van der Waals surface area contributed by atoms with Crippen molar-refractivity contribution < 1.29 is 0 Å². The largest absolute Gasteiger partial charge is 0.328 e. The summed E-state index contributed by atoms with van der Waals surface area (Å²) in [5, 5.41) is 4.46. The molecule has 1 aliphatic rings. The maximum absolute atomic E-state index is 4.67. The first kappa shape index (κ1) is 17.4. The summed E-state index contributed by atoms with van der Waals surface area (Å²) in [6.07, 6.45) is 7.97. The standard InChI is InChI=1S/C19H26N6S/c1-13(2)16-10-20-19-18(21-14(3)11-25(16)19)22-17-9-15(23-26-17)12-24-7-5-4-6-8-24/h9-11,13H,4-8,12H2,1-3H3,(H,21,22). The van der Waals surface area contributed by atoms with Crippen LogP contribution in [0.25, 0.3) is 5.65 Å². The van der Waals surface area contributed by atoms with Crippen molar-refractivity contribution in [3.8, 4) is 0 Å². The van der Waals surface area contributed by atoms with E-state index < -0.39 is 0 Å². The maximum atomic E-state index is 4.67. The number of aromatic nitrogens is 4. The Morgan fingerprint density at radius 3 is 2.81 bits per heavy atom. The van der Waals surface area contributed by atoms with Crippen molar-refractivity contribution in [3.63, 3.8) is 0 Å². The Balaban J connectivity index is 1.55. The van der Waals surface area contributed by atoms with Gasteiger partial charge in [0.2, 0.25) is 0 Å². The zero-order valence-electron chi connectivity index (χ0n) is 15.7. The summed E-state index contributed by atoms with van der Waals surface area (Å²) in [4.78, 5) is 11.8. The summed E-state index contributed by atoms with van der Waals surface area (Å²) in [6.45, 7) is 9.70. The number of anilines is 2. The van der Waals surface area contributed by atoms with Crippen LogP contribution in [0.15, 0.2) is 18.5 Å². The Morgan fingerprint density at radius 2 is 2.04 bits per heavy atom. The van der Waals surface area contributed by atoms with Gasteiger partial charge >= 0.3 is 0 Å². The summed E-state index contributed by atoms with van der Waals surface area (Å²) < 4.78 is 6.77. The van der Waals surface area contributed by atoms with Crippen LogP contribution in [0.4, 0.5) is 10.8 Å². The van der Waals surface area contributed by atoms with Crippen LogP contribution < -0.4 is 5.32 Å². The average Bonchev–Trinajstić information content (AvgIpc) is 3.22. The summed E-state index contributed by atoms with van der Waals surface area (Å²) in [5.41, 5.74) is 4.17. The van der Waals surface area contributed by atoms with E-state index in [1.54, 1.807) is 0 Å². The van der Waals surface area contributed by atoms with Gasteiger partial charge in [-0.25, -0.2) is 9.97 Å². The van der Waals surface area contributed by atoms with Crippen LogP contribution >= 0.6 is 11.5 Å². The molecule has 3 aromatic rings. The number of imidazole rings is 1. The highest BCUT2D eigenvalue weighted by molar-refractivity contribution is 7.10. The quantitative estimate of drug-likeness (QED) is 0.724. The molecule has 0 unspecified atom stereocenters. The van der Waals surface area contributed by atoms with Gasteiger partial charge in [-0.15, -0.1) is 0 Å². The van der Waals surface area contributed by atoms with Gasteiger partial charge < -0.3 is 5.32 Å². The van der Waals surface area contributed by atoms with Gasteiger partial charge in [0.05, 0.1) is 11.4 Å². The molecule has 4 rings (SSSR count). The lowest BCUT2D eigenvalue weighted by molar-refractivity contribution is 0.219. The van der Waals surface area contributed by atoms with Crippen molar-refractivity contribution in [2.24, 2.45) is 0 Å². The maximum Gasteiger partial charge on any atom is 0.180 e. The number of nitrogens with one attached hydrogen (secondary N) is 1. The number of piperidine rings is 1. The Bertz CT molecular complexity index is 891. The van der Waals surface area contributed by atoms with Crippen LogP contribution in [-0.2, 0) is 6.54 Å². The van der Waals surface area contributed by atoms with E-state index in [4.69, 9.17) is 0 Å². The van der Waals surface area contributed by atoms with Crippen LogP contribution in [0.5, 0.6) is 0 Å². The lowest BCUT2D eigenvalue weighted by Gasteiger charge is -2.25. The van der Waals surface area contributed by atoms with Gasteiger partial charge in [-0.2, -0.15) is 4.37 Å². The van der Waals surface area contributed by atoms with Crippen molar-refractivity contribution in [3.05, 3.63) is 35.5 Å². The Hall–Kier alpha value is -1.99. The fourth-order valence-corrected chi connectivity index (χ4v) is 4.20. The highest BCUT2D eigenvalue weighted by atomic mass is 32.1. The molecule has 0 saturated carbocycles. The van der Waals surface area contributed by atoms with Gasteiger partial charge in [0.25, 0.3) is 0 Å². The van der Waals surface area contributed by atoms with Crippen LogP contribution in [0.2, 0.25) is 0 Å². The van der Waals surface area contributed by atoms with E-state index in [0.29, 0.717) is 5.92 Å². The number of nitrogens with zero attached hydrogens (tertiary/aromatic N) is 5. The minimum Gasteiger partial charge on any atom is -0.328 e. The fraction of sp³-hybridized carbons (Fsp3) is 0.526. The second kappa shape index (κ2) is 7.32. The van der Waals surface area contributed by atoms with E-state index in [1.165, 1.54) is 49.6 Å². The summed E-state index contributed by atoms with van der Waals surface area (Å²) in [7, 11) is 0. The van der Waals surface area contributed by atoms with Crippen LogP contribution in [0, 0.1) is 6.92 Å². The minimum atomic E-state index is 0.416. The SMILES string of the molecule is Cc1cn2c(C(C)C)cnc2c(Nc2cc(CN3CCCCC3)ns2)n1. The van der Waals surface area contributed by atoms with Crippen molar-refractivity contribution >= 4 is 28.0 Å². The molecule has 1 aliphatic heterocycles. The lowest BCUT2D eigenvalue weighted by atomic mass is 10.1. The molecule has 0 radical (unpaired) electrons. The number of fused-ring (bicyclic) bond motifs is 1. The predicted molar refractivity (Wildman–Crippen MR) is 106 cm³/mol. The van der Waals surface area contributed by atoms with Gasteiger partial charge in [-0.05, 0) is 56.4 Å². The van der Waals surface area contributed by atoms with E-state index in [2.05, 4.69) is 55.1 Å². The first-order valence-corrected chi connectivity index (χ1v) is 10.2. The first-order valence-electron chi connectivity index (χ1n) is 9.40. The zero-order valence-corrected chi connectivity index (χ0v) is 16.5. The Labute approximate surface area is 158 Å². The second-order valence-electron chi connectivity index (χ2n) is 7.41. The number of hydrogen-bond acceptors (Lipinski definition) is 6. The van der Waals surface area contributed by atoms with E-state index in [0.717, 1.165) is 34.4 Å². The van der Waals surface area contributed by atoms with Gasteiger partial charge in [0.15, 0.2) is 11.5 Å². The average molecular weight is 371 g/mol. The third kappa shape index (κ3) is 3.59. The molecule has 0 aromatic carbocycles. The van der Waals surface area contributed by atoms with Gasteiger partial charge in [-0.3, -0.25) is 9.30 Å². The molecule has 138 valence electrons. The molecule has 1 saturated heterocycles.